The molecule has 1 saturated heterocycles. The summed E-state index contributed by atoms with van der Waals surface area (Å²) in [5.74, 6) is -1.50. The van der Waals surface area contributed by atoms with Gasteiger partial charge in [0.1, 0.15) is 5.03 Å². The summed E-state index contributed by atoms with van der Waals surface area (Å²) in [4.78, 5) is 13.9. The molecule has 0 saturated carbocycles. The number of carbonyl (C=O) groups is 1. The lowest BCUT2D eigenvalue weighted by molar-refractivity contribution is -0.145. The van der Waals surface area contributed by atoms with Gasteiger partial charge < -0.3 is 14.4 Å². The van der Waals surface area contributed by atoms with E-state index in [-0.39, 0.29) is 10.8 Å². The molecule has 0 aromatic rings. The van der Waals surface area contributed by atoms with E-state index in [4.69, 9.17) is 32.7 Å². The van der Waals surface area contributed by atoms with Crippen molar-refractivity contribution >= 4 is 29.0 Å². The number of likely N-dealkylation sites (N-methyl/N-ethyl adjacent to an activating group) is 1. The monoisotopic (exact) mass is 279 g/mol. The maximum absolute atomic E-state index is 11.9. The lowest BCUT2D eigenvalue weighted by Crippen LogP contribution is -2.46. The van der Waals surface area contributed by atoms with Gasteiger partial charge in [-0.2, -0.15) is 0 Å². The minimum absolute atomic E-state index is 0.135. The van der Waals surface area contributed by atoms with Crippen molar-refractivity contribution in [3.05, 3.63) is 10.7 Å². The Morgan fingerprint density at radius 3 is 2.35 bits per heavy atom. The van der Waals surface area contributed by atoms with Gasteiger partial charge >= 0.3 is 0 Å². The summed E-state index contributed by atoms with van der Waals surface area (Å²) < 4.78 is 11.2. The number of ether oxygens (including phenoxy) is 2. The smallest absolute Gasteiger partial charge is 0.236 e. The van der Waals surface area contributed by atoms with Crippen LogP contribution < -0.4 is 0 Å². The number of allylic oxidation sites excluding steroid dienone is 1. The first-order chi connectivity index (χ1) is 8.08. The molecular formula is C11H15Cl2NO3. The van der Waals surface area contributed by atoms with Gasteiger partial charge in [0.25, 0.3) is 0 Å². The van der Waals surface area contributed by atoms with Crippen LogP contribution in [0.4, 0.5) is 0 Å². The highest BCUT2D eigenvalue weighted by Gasteiger charge is 2.59. The van der Waals surface area contributed by atoms with Crippen molar-refractivity contribution in [2.45, 2.75) is 25.0 Å². The highest BCUT2D eigenvalue weighted by atomic mass is 35.5. The summed E-state index contributed by atoms with van der Waals surface area (Å²) in [5.41, 5.74) is 0.576. The highest BCUT2D eigenvalue weighted by molar-refractivity contribution is 6.50. The van der Waals surface area contributed by atoms with Crippen molar-refractivity contribution < 1.29 is 14.3 Å². The number of rotatable bonds is 3. The normalized spacial score (nSPS) is 27.3. The molecule has 0 radical (unpaired) electrons. The predicted octanol–water partition coefficient (Wildman–Crippen LogP) is 1.71. The average Bonchev–Trinajstić information content (AvgIpc) is 2.88. The van der Waals surface area contributed by atoms with Crippen LogP contribution in [-0.2, 0) is 14.3 Å². The quantitative estimate of drug-likeness (QED) is 0.738. The lowest BCUT2D eigenvalue weighted by atomic mass is 10.2. The number of carbonyl (C=O) groups excluding carboxylic acids is 1. The molecule has 1 heterocycles. The molecule has 17 heavy (non-hydrogen) atoms. The summed E-state index contributed by atoms with van der Waals surface area (Å²) >= 11 is 12.2. The van der Waals surface area contributed by atoms with E-state index in [1.807, 2.05) is 18.7 Å². The van der Waals surface area contributed by atoms with Crippen LogP contribution in [0.5, 0.6) is 0 Å². The van der Waals surface area contributed by atoms with Crippen molar-refractivity contribution in [2.75, 3.05) is 26.3 Å². The number of hydrogen-bond donors (Lipinski definition) is 0. The fourth-order valence-electron chi connectivity index (χ4n) is 2.28. The predicted molar refractivity (Wildman–Crippen MR) is 65.1 cm³/mol. The summed E-state index contributed by atoms with van der Waals surface area (Å²) in [5, 5.41) is -0.760. The number of nitrogens with zero attached hydrogens (tertiary/aromatic N) is 1. The number of halogens is 2. The Labute approximate surface area is 110 Å². The highest BCUT2D eigenvalue weighted by Crippen LogP contribution is 2.45. The summed E-state index contributed by atoms with van der Waals surface area (Å²) in [7, 11) is 0. The van der Waals surface area contributed by atoms with Crippen molar-refractivity contribution in [3.63, 3.8) is 0 Å². The van der Waals surface area contributed by atoms with Gasteiger partial charge in [-0.1, -0.05) is 11.6 Å². The Hall–Kier alpha value is -0.290. The van der Waals surface area contributed by atoms with E-state index in [9.17, 15) is 4.79 Å². The van der Waals surface area contributed by atoms with E-state index in [1.54, 1.807) is 0 Å². The molecule has 0 N–H and O–H groups in total. The zero-order valence-electron chi connectivity index (χ0n) is 9.83. The second kappa shape index (κ2) is 4.76. The number of alkyl halides is 1. The van der Waals surface area contributed by atoms with Crippen molar-refractivity contribution in [1.82, 2.24) is 4.90 Å². The second-order valence-electron chi connectivity index (χ2n) is 3.93. The van der Waals surface area contributed by atoms with E-state index in [0.717, 1.165) is 0 Å². The Morgan fingerprint density at radius 2 is 1.88 bits per heavy atom. The van der Waals surface area contributed by atoms with Gasteiger partial charge in [-0.25, -0.2) is 0 Å². The molecule has 4 nitrogen and oxygen atoms in total. The molecule has 0 unspecified atom stereocenters. The van der Waals surface area contributed by atoms with Crippen LogP contribution in [0.1, 0.15) is 13.8 Å². The molecule has 1 aliphatic carbocycles. The van der Waals surface area contributed by atoms with Crippen LogP contribution in [0.25, 0.3) is 0 Å². The van der Waals surface area contributed by atoms with Crippen LogP contribution in [-0.4, -0.2) is 48.2 Å². The summed E-state index contributed by atoms with van der Waals surface area (Å²) in [6, 6.07) is 0. The van der Waals surface area contributed by atoms with Crippen LogP contribution in [0, 0.1) is 0 Å². The molecule has 6 heteroatoms. The molecule has 0 aromatic carbocycles. The van der Waals surface area contributed by atoms with Crippen molar-refractivity contribution in [3.8, 4) is 0 Å². The first-order valence-corrected chi connectivity index (χ1v) is 6.51. The van der Waals surface area contributed by atoms with Crippen molar-refractivity contribution in [1.29, 1.82) is 0 Å². The van der Waals surface area contributed by atoms with E-state index < -0.39 is 11.2 Å². The number of Topliss-reactive ketones (excluding diaryl/α,β-unsaturated/α-hetero) is 1. The SMILES string of the molecule is CCN(CC)C1=C(Cl)C(=O)[C@H](Cl)C12OCCO2. The van der Waals surface area contributed by atoms with Crippen LogP contribution >= 0.6 is 23.2 Å². The van der Waals surface area contributed by atoms with Gasteiger partial charge in [0.15, 0.2) is 11.2 Å². The molecule has 1 spiro atoms. The molecule has 96 valence electrons. The molecule has 1 atom stereocenters. The van der Waals surface area contributed by atoms with Crippen molar-refractivity contribution in [2.24, 2.45) is 0 Å². The van der Waals surface area contributed by atoms with Gasteiger partial charge in [0.05, 0.1) is 18.9 Å². The van der Waals surface area contributed by atoms with E-state index >= 15 is 0 Å². The first kappa shape index (κ1) is 13.1. The topological polar surface area (TPSA) is 38.8 Å². The molecule has 1 aliphatic heterocycles. The number of ketones is 1. The van der Waals surface area contributed by atoms with E-state index in [2.05, 4.69) is 0 Å². The molecule has 2 aliphatic rings. The average molecular weight is 280 g/mol. The summed E-state index contributed by atoms with van der Waals surface area (Å²) in [6.45, 7) is 6.24. The molecule has 1 fully saturated rings. The molecule has 2 rings (SSSR count). The Morgan fingerprint density at radius 1 is 1.35 bits per heavy atom. The molecule has 0 aromatic heterocycles. The van der Waals surface area contributed by atoms with Gasteiger partial charge in [-0.3, -0.25) is 4.79 Å². The van der Waals surface area contributed by atoms with E-state index in [1.165, 1.54) is 0 Å². The third-order valence-corrected chi connectivity index (χ3v) is 3.96. The van der Waals surface area contributed by atoms with Gasteiger partial charge in [0, 0.05) is 13.1 Å². The van der Waals surface area contributed by atoms with Gasteiger partial charge in [-0.15, -0.1) is 11.6 Å². The lowest BCUT2D eigenvalue weighted by Gasteiger charge is -2.34. The number of hydrogen-bond acceptors (Lipinski definition) is 4. The fraction of sp³-hybridized carbons (Fsp3) is 0.727. The molecular weight excluding hydrogens is 265 g/mol. The maximum atomic E-state index is 11.9. The van der Waals surface area contributed by atoms with Gasteiger partial charge in [-0.05, 0) is 13.8 Å². The summed E-state index contributed by atoms with van der Waals surface area (Å²) in [6.07, 6.45) is 0. The van der Waals surface area contributed by atoms with Crippen LogP contribution in [0.3, 0.4) is 0 Å². The molecule has 0 amide bonds. The largest absolute Gasteiger partial charge is 0.370 e. The van der Waals surface area contributed by atoms with E-state index in [0.29, 0.717) is 32.0 Å². The Bertz CT molecular complexity index is 360. The standard InChI is InChI=1S/C11H15Cl2NO3/c1-3-14(4-2)10-7(12)8(15)9(13)11(10)16-5-6-17-11/h9H,3-6H2,1-2H3/t9-/m0/s1. The van der Waals surface area contributed by atoms with Gasteiger partial charge in [0.2, 0.25) is 5.79 Å². The zero-order valence-corrected chi connectivity index (χ0v) is 11.3. The van der Waals surface area contributed by atoms with Crippen LogP contribution in [0.15, 0.2) is 10.7 Å². The Kier molecular flexibility index (Phi) is 3.69. The minimum Gasteiger partial charge on any atom is -0.370 e. The first-order valence-electron chi connectivity index (χ1n) is 5.69. The van der Waals surface area contributed by atoms with Crippen LogP contribution in [0.2, 0.25) is 0 Å². The third kappa shape index (κ3) is 1.78. The maximum Gasteiger partial charge on any atom is 0.236 e. The Balaban J connectivity index is 2.46. The third-order valence-electron chi connectivity index (χ3n) is 3.11. The minimum atomic E-state index is -1.18. The fourth-order valence-corrected chi connectivity index (χ4v) is 3.04. The molecule has 0 bridgehead atoms. The second-order valence-corrected chi connectivity index (χ2v) is 4.74. The zero-order chi connectivity index (χ0) is 12.6.